The predicted molar refractivity (Wildman–Crippen MR) is 81.2 cm³/mol. The molecular weight excluding hydrogens is 328 g/mol. The average Bonchev–Trinajstić information content (AvgIpc) is 3.11. The average molecular weight is 346 g/mol. The third-order valence-electron chi connectivity index (χ3n) is 3.42. The summed E-state index contributed by atoms with van der Waals surface area (Å²) >= 11 is 10.0. The lowest BCUT2D eigenvalue weighted by Crippen LogP contribution is -2.28. The first-order valence-electron chi connectivity index (χ1n) is 6.60. The fraction of sp³-hybridized carbons (Fsp3) is 0.600. The van der Waals surface area contributed by atoms with E-state index in [9.17, 15) is 0 Å². The summed E-state index contributed by atoms with van der Waals surface area (Å²) in [7, 11) is 0. The normalized spacial score (nSPS) is 36.7. The summed E-state index contributed by atoms with van der Waals surface area (Å²) in [5.41, 5.74) is 0. The van der Waals surface area contributed by atoms with Gasteiger partial charge in [0.1, 0.15) is 11.9 Å². The molecule has 2 nitrogen and oxygen atoms in total. The lowest BCUT2D eigenvalue weighted by Gasteiger charge is -2.26. The first-order chi connectivity index (χ1) is 9.15. The van der Waals surface area contributed by atoms with Crippen LogP contribution in [0.1, 0.15) is 32.6 Å². The van der Waals surface area contributed by atoms with Crippen molar-refractivity contribution in [1.82, 2.24) is 0 Å². The summed E-state index contributed by atoms with van der Waals surface area (Å²) in [6, 6.07) is 0. The molecule has 2 rings (SSSR count). The van der Waals surface area contributed by atoms with Crippen LogP contribution in [0.2, 0.25) is 0 Å². The zero-order valence-electron chi connectivity index (χ0n) is 10.9. The number of rotatable bonds is 3. The van der Waals surface area contributed by atoms with Gasteiger partial charge in [0.2, 0.25) is 0 Å². The van der Waals surface area contributed by atoms with Crippen molar-refractivity contribution in [3.05, 3.63) is 22.4 Å². The van der Waals surface area contributed by atoms with Gasteiger partial charge in [0, 0.05) is 17.3 Å². The van der Waals surface area contributed by atoms with Gasteiger partial charge in [-0.25, -0.2) is 0 Å². The van der Waals surface area contributed by atoms with Crippen LogP contribution >= 0.6 is 27.5 Å². The van der Waals surface area contributed by atoms with E-state index in [1.54, 1.807) is 6.08 Å². The Kier molecular flexibility index (Phi) is 5.38. The maximum atomic E-state index is 6.44. The van der Waals surface area contributed by atoms with E-state index >= 15 is 0 Å². The Morgan fingerprint density at radius 3 is 3.05 bits per heavy atom. The number of hydrogen-bond donors (Lipinski definition) is 0. The van der Waals surface area contributed by atoms with Gasteiger partial charge in [-0.3, -0.25) is 0 Å². The zero-order chi connectivity index (χ0) is 13.8. The lowest BCUT2D eigenvalue weighted by molar-refractivity contribution is 0.0992. The van der Waals surface area contributed by atoms with Gasteiger partial charge in [0.05, 0.1) is 17.6 Å². The molecule has 0 aliphatic carbocycles. The maximum Gasteiger partial charge on any atom is 0.118 e. The minimum atomic E-state index is -0.0510. The summed E-state index contributed by atoms with van der Waals surface area (Å²) in [5, 5.41) is -0.0510. The van der Waals surface area contributed by atoms with Gasteiger partial charge in [-0.05, 0) is 18.9 Å². The second-order valence-electron chi connectivity index (χ2n) is 4.81. The Morgan fingerprint density at radius 1 is 1.58 bits per heavy atom. The Balaban J connectivity index is 2.11. The molecule has 0 aromatic heterocycles. The van der Waals surface area contributed by atoms with Gasteiger partial charge in [-0.2, -0.15) is 0 Å². The van der Waals surface area contributed by atoms with E-state index in [-0.39, 0.29) is 23.7 Å². The minimum absolute atomic E-state index is 0.0504. The lowest BCUT2D eigenvalue weighted by atomic mass is 10.0. The van der Waals surface area contributed by atoms with Crippen LogP contribution in [0.3, 0.4) is 0 Å². The zero-order valence-corrected chi connectivity index (χ0v) is 13.3. The molecule has 2 aliphatic heterocycles. The molecule has 4 atom stereocenters. The molecule has 2 aliphatic rings. The Labute approximate surface area is 128 Å². The third-order valence-corrected chi connectivity index (χ3v) is 4.89. The fourth-order valence-corrected chi connectivity index (χ4v) is 2.85. The first-order valence-corrected chi connectivity index (χ1v) is 7.83. The molecule has 2 fully saturated rings. The highest BCUT2D eigenvalue weighted by atomic mass is 79.9. The van der Waals surface area contributed by atoms with Crippen LogP contribution in [0, 0.1) is 12.3 Å². The number of fused-ring (bicyclic) bond motifs is 1. The summed E-state index contributed by atoms with van der Waals surface area (Å²) in [6.07, 6.45) is 12.7. The topological polar surface area (TPSA) is 21.8 Å². The van der Waals surface area contributed by atoms with Crippen molar-refractivity contribution in [3.8, 4) is 12.3 Å². The van der Waals surface area contributed by atoms with E-state index in [0.717, 1.165) is 35.9 Å². The van der Waals surface area contributed by atoms with Crippen molar-refractivity contribution >= 4 is 27.5 Å². The van der Waals surface area contributed by atoms with Gasteiger partial charge < -0.3 is 9.47 Å². The number of epoxide rings is 1. The summed E-state index contributed by atoms with van der Waals surface area (Å²) in [6.45, 7) is 2.09. The molecule has 2 saturated heterocycles. The third kappa shape index (κ3) is 4.02. The predicted octanol–water partition coefficient (Wildman–Crippen LogP) is 4.14. The van der Waals surface area contributed by atoms with Crippen LogP contribution in [-0.4, -0.2) is 23.7 Å². The molecule has 0 radical (unpaired) electrons. The number of allylic oxidation sites excluding steroid dienone is 2. The standard InChI is InChI=1S/C15H18BrClO2/c1-3-5-6-7-12-11(17)8-14-15(19-14)9-13(18-12)10(16)4-2/h1,5-6,11-12,14-15H,4,7-9H2,2H3/b6-5-,13-10-/t11-,12?,14+,15-/m1/s1. The van der Waals surface area contributed by atoms with Crippen molar-refractivity contribution in [2.24, 2.45) is 0 Å². The number of hydrogen-bond acceptors (Lipinski definition) is 2. The molecule has 2 heterocycles. The molecular formula is C15H18BrClO2. The fourth-order valence-electron chi connectivity index (χ4n) is 2.26. The summed E-state index contributed by atoms with van der Waals surface area (Å²) in [5.74, 6) is 3.46. The Bertz CT molecular complexity index is 424. The second kappa shape index (κ2) is 6.83. The molecule has 1 unspecified atom stereocenters. The summed E-state index contributed by atoms with van der Waals surface area (Å²) in [4.78, 5) is 0. The molecule has 0 aromatic carbocycles. The van der Waals surface area contributed by atoms with E-state index in [4.69, 9.17) is 27.5 Å². The van der Waals surface area contributed by atoms with Crippen LogP contribution in [0.25, 0.3) is 0 Å². The highest BCUT2D eigenvalue weighted by Crippen LogP contribution is 2.40. The Hall–Kier alpha value is -0.430. The van der Waals surface area contributed by atoms with Gasteiger partial charge in [0.25, 0.3) is 0 Å². The second-order valence-corrected chi connectivity index (χ2v) is 6.33. The first kappa shape index (κ1) is 15.0. The number of alkyl halides is 1. The van der Waals surface area contributed by atoms with Crippen LogP contribution < -0.4 is 0 Å². The van der Waals surface area contributed by atoms with Gasteiger partial charge >= 0.3 is 0 Å². The van der Waals surface area contributed by atoms with Gasteiger partial charge in [-0.1, -0.05) is 34.9 Å². The van der Waals surface area contributed by atoms with Crippen LogP contribution in [0.5, 0.6) is 0 Å². The highest BCUT2D eigenvalue weighted by Gasteiger charge is 2.44. The van der Waals surface area contributed by atoms with E-state index in [1.807, 2.05) is 6.08 Å². The van der Waals surface area contributed by atoms with Crippen molar-refractivity contribution in [3.63, 3.8) is 0 Å². The molecule has 19 heavy (non-hydrogen) atoms. The van der Waals surface area contributed by atoms with Crippen molar-refractivity contribution in [2.75, 3.05) is 0 Å². The molecule has 0 bridgehead atoms. The molecule has 0 spiro atoms. The molecule has 104 valence electrons. The van der Waals surface area contributed by atoms with Gasteiger partial charge in [0.15, 0.2) is 0 Å². The largest absolute Gasteiger partial charge is 0.492 e. The van der Waals surface area contributed by atoms with E-state index in [1.165, 1.54) is 0 Å². The maximum absolute atomic E-state index is 6.44. The van der Waals surface area contributed by atoms with Crippen molar-refractivity contribution in [2.45, 2.75) is 56.3 Å². The van der Waals surface area contributed by atoms with E-state index in [2.05, 4.69) is 28.8 Å². The SMILES string of the molecule is C#C/C=C\CC1O/C(=C(\Br)CC)C[C@H]2O[C@H]2C[C@H]1Cl. The molecule has 0 amide bonds. The van der Waals surface area contributed by atoms with Crippen molar-refractivity contribution < 1.29 is 9.47 Å². The molecule has 0 saturated carbocycles. The van der Waals surface area contributed by atoms with Crippen LogP contribution in [0.15, 0.2) is 22.4 Å². The molecule has 0 aromatic rings. The van der Waals surface area contributed by atoms with Crippen LogP contribution in [0.4, 0.5) is 0 Å². The number of terminal acetylenes is 1. The summed E-state index contributed by atoms with van der Waals surface area (Å²) < 4.78 is 12.8. The highest BCUT2D eigenvalue weighted by molar-refractivity contribution is 9.11. The molecule has 0 N–H and O–H groups in total. The number of ether oxygens (including phenoxy) is 2. The van der Waals surface area contributed by atoms with Crippen LogP contribution in [-0.2, 0) is 9.47 Å². The van der Waals surface area contributed by atoms with E-state index < -0.39 is 0 Å². The molecule has 4 heteroatoms. The van der Waals surface area contributed by atoms with E-state index in [0.29, 0.717) is 0 Å². The quantitative estimate of drug-likeness (QED) is 0.436. The van der Waals surface area contributed by atoms with Gasteiger partial charge in [-0.15, -0.1) is 18.0 Å². The Morgan fingerprint density at radius 2 is 2.37 bits per heavy atom. The monoisotopic (exact) mass is 344 g/mol. The smallest absolute Gasteiger partial charge is 0.118 e. The van der Waals surface area contributed by atoms with Crippen molar-refractivity contribution in [1.29, 1.82) is 0 Å². The number of halogens is 2. The minimum Gasteiger partial charge on any atom is -0.492 e.